The third-order valence-electron chi connectivity index (χ3n) is 2.34. The lowest BCUT2D eigenvalue weighted by molar-refractivity contribution is 0.0943. The highest BCUT2D eigenvalue weighted by Crippen LogP contribution is 2.31. The largest absolute Gasteiger partial charge is 0.383 e. The quantitative estimate of drug-likeness (QED) is 0.828. The van der Waals surface area contributed by atoms with Gasteiger partial charge in [0.15, 0.2) is 0 Å². The molecule has 0 radical (unpaired) electrons. The molecule has 1 aliphatic heterocycles. The molecular formula is C12H16N2OS. The topological polar surface area (TPSA) is 41.1 Å². The van der Waals surface area contributed by atoms with Crippen LogP contribution in [-0.4, -0.2) is 24.2 Å². The first kappa shape index (κ1) is 11.3. The predicted octanol–water partition coefficient (Wildman–Crippen LogP) is 2.34. The van der Waals surface area contributed by atoms with Gasteiger partial charge in [0.05, 0.1) is 0 Å². The van der Waals surface area contributed by atoms with Gasteiger partial charge in [0.25, 0.3) is 5.91 Å². The first-order chi connectivity index (χ1) is 7.66. The van der Waals surface area contributed by atoms with Gasteiger partial charge in [0, 0.05) is 34.5 Å². The standard InChI is InChI=1S/C12H16N2OS/c1-8(2)14-12(15)9-3-4-11-10(7-9)13-5-6-16-11/h3-4,7-8,13H,5-6H2,1-2H3,(H,14,15). The van der Waals surface area contributed by atoms with Crippen LogP contribution >= 0.6 is 11.8 Å². The molecule has 1 heterocycles. The molecule has 0 atom stereocenters. The maximum absolute atomic E-state index is 11.8. The van der Waals surface area contributed by atoms with E-state index < -0.39 is 0 Å². The fourth-order valence-corrected chi connectivity index (χ4v) is 2.50. The summed E-state index contributed by atoms with van der Waals surface area (Å²) >= 11 is 1.83. The Morgan fingerprint density at radius 2 is 2.31 bits per heavy atom. The second kappa shape index (κ2) is 4.78. The number of hydrogen-bond donors (Lipinski definition) is 2. The maximum Gasteiger partial charge on any atom is 0.251 e. The number of anilines is 1. The number of nitrogens with one attached hydrogen (secondary N) is 2. The molecular weight excluding hydrogens is 220 g/mol. The van der Waals surface area contributed by atoms with Crippen molar-refractivity contribution in [2.45, 2.75) is 24.8 Å². The number of amides is 1. The van der Waals surface area contributed by atoms with Crippen LogP contribution in [0.2, 0.25) is 0 Å². The molecule has 1 aliphatic rings. The summed E-state index contributed by atoms with van der Waals surface area (Å²) < 4.78 is 0. The highest BCUT2D eigenvalue weighted by molar-refractivity contribution is 7.99. The highest BCUT2D eigenvalue weighted by atomic mass is 32.2. The molecule has 0 fully saturated rings. The van der Waals surface area contributed by atoms with Crippen LogP contribution in [0.4, 0.5) is 5.69 Å². The van der Waals surface area contributed by atoms with E-state index in [0.717, 1.165) is 23.5 Å². The van der Waals surface area contributed by atoms with Crippen molar-refractivity contribution in [3.05, 3.63) is 23.8 Å². The minimum atomic E-state index is -0.00447. The van der Waals surface area contributed by atoms with E-state index in [1.165, 1.54) is 4.90 Å². The molecule has 16 heavy (non-hydrogen) atoms. The summed E-state index contributed by atoms with van der Waals surface area (Å²) in [7, 11) is 0. The first-order valence-electron chi connectivity index (χ1n) is 5.48. The van der Waals surface area contributed by atoms with Gasteiger partial charge in [-0.3, -0.25) is 4.79 Å². The van der Waals surface area contributed by atoms with Crippen LogP contribution in [0.25, 0.3) is 0 Å². The third kappa shape index (κ3) is 2.50. The average Bonchev–Trinajstić information content (AvgIpc) is 2.27. The molecule has 1 aromatic rings. The SMILES string of the molecule is CC(C)NC(=O)c1ccc2c(c1)NCCS2. The number of hydrogen-bond acceptors (Lipinski definition) is 3. The van der Waals surface area contributed by atoms with Gasteiger partial charge in [0.2, 0.25) is 0 Å². The van der Waals surface area contributed by atoms with Gasteiger partial charge in [-0.15, -0.1) is 11.8 Å². The second-order valence-electron chi connectivity index (χ2n) is 4.11. The van der Waals surface area contributed by atoms with Gasteiger partial charge >= 0.3 is 0 Å². The Balaban J connectivity index is 2.19. The van der Waals surface area contributed by atoms with E-state index in [9.17, 15) is 4.79 Å². The fourth-order valence-electron chi connectivity index (χ4n) is 1.63. The van der Waals surface area contributed by atoms with Crippen LogP contribution in [-0.2, 0) is 0 Å². The molecule has 3 nitrogen and oxygen atoms in total. The summed E-state index contributed by atoms with van der Waals surface area (Å²) in [5, 5.41) is 6.20. The molecule has 0 aromatic heterocycles. The molecule has 1 amide bonds. The fraction of sp³-hybridized carbons (Fsp3) is 0.417. The molecule has 0 unspecified atom stereocenters. The minimum Gasteiger partial charge on any atom is -0.383 e. The number of benzene rings is 1. The van der Waals surface area contributed by atoms with Crippen LogP contribution in [0.3, 0.4) is 0 Å². The Kier molecular flexibility index (Phi) is 3.39. The van der Waals surface area contributed by atoms with Gasteiger partial charge in [-0.2, -0.15) is 0 Å². The zero-order valence-electron chi connectivity index (χ0n) is 9.54. The van der Waals surface area contributed by atoms with Gasteiger partial charge in [-0.1, -0.05) is 0 Å². The Morgan fingerprint density at radius 1 is 1.50 bits per heavy atom. The number of thioether (sulfide) groups is 1. The van der Waals surface area contributed by atoms with Gasteiger partial charge in [0.1, 0.15) is 0 Å². The molecule has 0 saturated carbocycles. The van der Waals surface area contributed by atoms with Crippen molar-refractivity contribution < 1.29 is 4.79 Å². The van der Waals surface area contributed by atoms with E-state index in [1.54, 1.807) is 0 Å². The monoisotopic (exact) mass is 236 g/mol. The Morgan fingerprint density at radius 3 is 3.06 bits per heavy atom. The van der Waals surface area contributed by atoms with E-state index in [4.69, 9.17) is 0 Å². The Hall–Kier alpha value is -1.16. The number of rotatable bonds is 2. The van der Waals surface area contributed by atoms with E-state index >= 15 is 0 Å². The zero-order valence-corrected chi connectivity index (χ0v) is 10.4. The van der Waals surface area contributed by atoms with E-state index in [0.29, 0.717) is 0 Å². The normalized spacial score (nSPS) is 14.2. The van der Waals surface area contributed by atoms with Crippen LogP contribution in [0.15, 0.2) is 23.1 Å². The molecule has 1 aromatic carbocycles. The summed E-state index contributed by atoms with van der Waals surface area (Å²) in [5.74, 6) is 1.08. The van der Waals surface area contributed by atoms with Crippen LogP contribution in [0, 0.1) is 0 Å². The lowest BCUT2D eigenvalue weighted by Crippen LogP contribution is -2.30. The minimum absolute atomic E-state index is 0.00447. The lowest BCUT2D eigenvalue weighted by Gasteiger charge is -2.18. The van der Waals surface area contributed by atoms with Crippen molar-refractivity contribution in [1.29, 1.82) is 0 Å². The van der Waals surface area contributed by atoms with Crippen molar-refractivity contribution in [3.63, 3.8) is 0 Å². The zero-order chi connectivity index (χ0) is 11.5. The molecule has 0 bridgehead atoms. The first-order valence-corrected chi connectivity index (χ1v) is 6.47. The Bertz CT molecular complexity index is 404. The molecule has 86 valence electrons. The smallest absolute Gasteiger partial charge is 0.251 e. The lowest BCUT2D eigenvalue weighted by atomic mass is 10.1. The van der Waals surface area contributed by atoms with Crippen LogP contribution in [0.1, 0.15) is 24.2 Å². The van der Waals surface area contributed by atoms with E-state index in [2.05, 4.69) is 10.6 Å². The number of carbonyl (C=O) groups is 1. The van der Waals surface area contributed by atoms with Crippen molar-refractivity contribution in [3.8, 4) is 0 Å². The number of fused-ring (bicyclic) bond motifs is 1. The van der Waals surface area contributed by atoms with Crippen molar-refractivity contribution in [2.24, 2.45) is 0 Å². The molecule has 2 rings (SSSR count). The molecule has 0 spiro atoms. The van der Waals surface area contributed by atoms with Gasteiger partial charge in [-0.25, -0.2) is 0 Å². The Labute approximate surface area is 100.0 Å². The van der Waals surface area contributed by atoms with Crippen LogP contribution < -0.4 is 10.6 Å². The summed E-state index contributed by atoms with van der Waals surface area (Å²) in [5.41, 5.74) is 1.80. The molecule has 2 N–H and O–H groups in total. The van der Waals surface area contributed by atoms with Crippen molar-refractivity contribution in [2.75, 3.05) is 17.6 Å². The maximum atomic E-state index is 11.8. The van der Waals surface area contributed by atoms with Gasteiger partial charge < -0.3 is 10.6 Å². The van der Waals surface area contributed by atoms with Gasteiger partial charge in [-0.05, 0) is 32.0 Å². The molecule has 0 saturated heterocycles. The van der Waals surface area contributed by atoms with Crippen LogP contribution in [0.5, 0.6) is 0 Å². The van der Waals surface area contributed by atoms with Crippen molar-refractivity contribution >= 4 is 23.4 Å². The molecule has 4 heteroatoms. The third-order valence-corrected chi connectivity index (χ3v) is 3.41. The highest BCUT2D eigenvalue weighted by Gasteiger charge is 2.13. The average molecular weight is 236 g/mol. The number of carbonyl (C=O) groups excluding carboxylic acids is 1. The molecule has 0 aliphatic carbocycles. The summed E-state index contributed by atoms with van der Waals surface area (Å²) in [6.45, 7) is 4.89. The van der Waals surface area contributed by atoms with Crippen molar-refractivity contribution in [1.82, 2.24) is 5.32 Å². The summed E-state index contributed by atoms with van der Waals surface area (Å²) in [4.78, 5) is 13.0. The predicted molar refractivity (Wildman–Crippen MR) is 68.3 cm³/mol. The summed E-state index contributed by atoms with van der Waals surface area (Å²) in [6, 6.07) is 6.00. The van der Waals surface area contributed by atoms with E-state index in [-0.39, 0.29) is 11.9 Å². The second-order valence-corrected chi connectivity index (χ2v) is 5.25. The summed E-state index contributed by atoms with van der Waals surface area (Å²) in [6.07, 6.45) is 0. The van der Waals surface area contributed by atoms with E-state index in [1.807, 2.05) is 43.8 Å².